The van der Waals surface area contributed by atoms with Gasteiger partial charge in [-0.25, -0.2) is 0 Å². The van der Waals surface area contributed by atoms with Crippen LogP contribution in [0.1, 0.15) is 47.7 Å². The molecule has 2 rings (SSSR count). The zero-order chi connectivity index (χ0) is 21.4. The quantitative estimate of drug-likeness (QED) is 0.378. The van der Waals surface area contributed by atoms with Crippen molar-refractivity contribution >= 4 is 11.7 Å². The van der Waals surface area contributed by atoms with E-state index < -0.39 is 17.6 Å². The number of carbonyl (C=O) groups excluding carboxylic acids is 2. The summed E-state index contributed by atoms with van der Waals surface area (Å²) in [6.07, 6.45) is 2.47. The fraction of sp³-hybridized carbons (Fsp3) is 0.455. The van der Waals surface area contributed by atoms with Crippen molar-refractivity contribution in [2.24, 2.45) is 5.92 Å². The zero-order valence-corrected chi connectivity index (χ0v) is 17.4. The van der Waals surface area contributed by atoms with E-state index in [1.165, 1.54) is 0 Å². The molecule has 0 aliphatic heterocycles. The van der Waals surface area contributed by atoms with Crippen LogP contribution in [0.2, 0.25) is 0 Å². The smallest absolute Gasteiger partial charge is 0.245 e. The van der Waals surface area contributed by atoms with Crippen molar-refractivity contribution in [3.05, 3.63) is 53.1 Å². The van der Waals surface area contributed by atoms with E-state index in [1.54, 1.807) is 12.3 Å². The number of amides is 1. The number of carbonyl (C=O) groups is 2. The van der Waals surface area contributed by atoms with Crippen LogP contribution in [0.15, 0.2) is 30.5 Å². The topological polar surface area (TPSA) is 97.0 Å². The highest BCUT2D eigenvalue weighted by atomic mass is 16.5. The van der Waals surface area contributed by atoms with Crippen LogP contribution >= 0.6 is 0 Å². The number of aryl methyl sites for hydroxylation is 1. The number of hydrogen-bond acceptors (Lipinski definition) is 5. The second-order valence-electron chi connectivity index (χ2n) is 7.18. The SMILES string of the molecule is Cc1cc(C(=O)C(C#N)C(=O)NCCCOC(C)C)c(C)n1Cc1ccccn1. The number of hydrogen-bond donors (Lipinski definition) is 1. The van der Waals surface area contributed by atoms with E-state index in [1.807, 2.05) is 56.5 Å². The van der Waals surface area contributed by atoms with Crippen molar-refractivity contribution in [2.45, 2.75) is 46.8 Å². The molecule has 0 aliphatic carbocycles. The zero-order valence-electron chi connectivity index (χ0n) is 17.4. The number of ether oxygens (including phenoxy) is 1. The van der Waals surface area contributed by atoms with Crippen LogP contribution in [0.4, 0.5) is 0 Å². The lowest BCUT2D eigenvalue weighted by atomic mass is 9.98. The Morgan fingerprint density at radius 2 is 2.07 bits per heavy atom. The summed E-state index contributed by atoms with van der Waals surface area (Å²) >= 11 is 0. The van der Waals surface area contributed by atoms with Crippen molar-refractivity contribution in [2.75, 3.05) is 13.2 Å². The fourth-order valence-electron chi connectivity index (χ4n) is 3.04. The van der Waals surface area contributed by atoms with E-state index >= 15 is 0 Å². The third-order valence-corrected chi connectivity index (χ3v) is 4.61. The predicted molar refractivity (Wildman–Crippen MR) is 109 cm³/mol. The molecule has 7 heteroatoms. The number of nitrogens with one attached hydrogen (secondary N) is 1. The number of nitriles is 1. The van der Waals surface area contributed by atoms with Gasteiger partial charge in [0.05, 0.1) is 24.4 Å². The summed E-state index contributed by atoms with van der Waals surface area (Å²) in [7, 11) is 0. The second kappa shape index (κ2) is 10.5. The van der Waals surface area contributed by atoms with E-state index in [0.29, 0.717) is 31.7 Å². The van der Waals surface area contributed by atoms with Gasteiger partial charge in [-0.05, 0) is 52.3 Å². The van der Waals surface area contributed by atoms with E-state index in [0.717, 1.165) is 17.1 Å². The lowest BCUT2D eigenvalue weighted by Crippen LogP contribution is -2.35. The average molecular weight is 396 g/mol. The molecule has 154 valence electrons. The summed E-state index contributed by atoms with van der Waals surface area (Å²) in [6, 6.07) is 9.25. The Kier molecular flexibility index (Phi) is 8.10. The molecule has 2 aromatic rings. The Morgan fingerprint density at radius 1 is 1.31 bits per heavy atom. The Morgan fingerprint density at radius 3 is 2.69 bits per heavy atom. The van der Waals surface area contributed by atoms with Crippen LogP contribution in [0, 0.1) is 31.1 Å². The molecule has 0 aromatic carbocycles. The highest BCUT2D eigenvalue weighted by Gasteiger charge is 2.30. The summed E-state index contributed by atoms with van der Waals surface area (Å²) < 4.78 is 7.38. The third-order valence-electron chi connectivity index (χ3n) is 4.61. The minimum absolute atomic E-state index is 0.125. The molecule has 1 atom stereocenters. The molecular weight excluding hydrogens is 368 g/mol. The lowest BCUT2D eigenvalue weighted by Gasteiger charge is -2.12. The summed E-state index contributed by atoms with van der Waals surface area (Å²) in [5.74, 6) is -2.43. The van der Waals surface area contributed by atoms with Crippen LogP contribution in [-0.2, 0) is 16.1 Å². The first-order chi connectivity index (χ1) is 13.8. The molecule has 0 saturated carbocycles. The van der Waals surface area contributed by atoms with E-state index in [-0.39, 0.29) is 6.10 Å². The molecule has 0 fully saturated rings. The Hall–Kier alpha value is -2.98. The molecule has 0 radical (unpaired) electrons. The van der Waals surface area contributed by atoms with E-state index in [2.05, 4.69) is 10.3 Å². The Bertz CT molecular complexity index is 881. The van der Waals surface area contributed by atoms with Gasteiger partial charge in [0, 0.05) is 36.3 Å². The monoisotopic (exact) mass is 396 g/mol. The van der Waals surface area contributed by atoms with Crippen molar-refractivity contribution < 1.29 is 14.3 Å². The molecule has 1 amide bonds. The molecule has 0 saturated heterocycles. The van der Waals surface area contributed by atoms with Crippen molar-refractivity contribution in [1.29, 1.82) is 5.26 Å². The van der Waals surface area contributed by atoms with E-state index in [9.17, 15) is 14.9 Å². The fourth-order valence-corrected chi connectivity index (χ4v) is 3.04. The highest BCUT2D eigenvalue weighted by molar-refractivity contribution is 6.12. The Balaban J connectivity index is 2.06. The third kappa shape index (κ3) is 6.00. The van der Waals surface area contributed by atoms with E-state index in [4.69, 9.17) is 4.74 Å². The van der Waals surface area contributed by atoms with Crippen LogP contribution in [0.25, 0.3) is 0 Å². The first-order valence-corrected chi connectivity index (χ1v) is 9.75. The maximum atomic E-state index is 12.9. The van der Waals surface area contributed by atoms with Gasteiger partial charge >= 0.3 is 0 Å². The van der Waals surface area contributed by atoms with Crippen LogP contribution in [-0.4, -0.2) is 40.5 Å². The molecule has 2 aromatic heterocycles. The van der Waals surface area contributed by atoms with Crippen LogP contribution in [0.5, 0.6) is 0 Å². The minimum Gasteiger partial charge on any atom is -0.379 e. The number of aromatic nitrogens is 2. The maximum absolute atomic E-state index is 12.9. The largest absolute Gasteiger partial charge is 0.379 e. The number of nitrogens with zero attached hydrogens (tertiary/aromatic N) is 3. The van der Waals surface area contributed by atoms with Gasteiger partial charge in [0.15, 0.2) is 11.7 Å². The molecule has 0 bridgehead atoms. The molecule has 1 unspecified atom stereocenters. The molecule has 7 nitrogen and oxygen atoms in total. The van der Waals surface area contributed by atoms with Gasteiger partial charge in [0.2, 0.25) is 5.91 Å². The molecule has 29 heavy (non-hydrogen) atoms. The van der Waals surface area contributed by atoms with Crippen LogP contribution in [0.3, 0.4) is 0 Å². The minimum atomic E-state index is -1.37. The van der Waals surface area contributed by atoms with Crippen LogP contribution < -0.4 is 5.32 Å². The normalized spacial score (nSPS) is 11.9. The van der Waals surface area contributed by atoms with Gasteiger partial charge in [-0.2, -0.15) is 5.26 Å². The van der Waals surface area contributed by atoms with Crippen molar-refractivity contribution in [3.8, 4) is 6.07 Å². The van der Waals surface area contributed by atoms with Gasteiger partial charge in [0.1, 0.15) is 0 Å². The summed E-state index contributed by atoms with van der Waals surface area (Å²) in [5, 5.41) is 12.1. The molecular formula is C22H28N4O3. The van der Waals surface area contributed by atoms with Crippen molar-refractivity contribution in [1.82, 2.24) is 14.9 Å². The van der Waals surface area contributed by atoms with Gasteiger partial charge in [-0.1, -0.05) is 6.07 Å². The first kappa shape index (κ1) is 22.3. The van der Waals surface area contributed by atoms with Gasteiger partial charge < -0.3 is 14.6 Å². The first-order valence-electron chi connectivity index (χ1n) is 9.75. The Labute approximate surface area is 171 Å². The summed E-state index contributed by atoms with van der Waals surface area (Å²) in [6.45, 7) is 8.97. The number of rotatable bonds is 10. The number of Topliss-reactive ketones (excluding diaryl/α,β-unsaturated/α-hetero) is 1. The lowest BCUT2D eigenvalue weighted by molar-refractivity contribution is -0.122. The average Bonchev–Trinajstić information content (AvgIpc) is 2.97. The maximum Gasteiger partial charge on any atom is 0.245 e. The molecule has 0 spiro atoms. The summed E-state index contributed by atoms with van der Waals surface area (Å²) in [4.78, 5) is 29.6. The van der Waals surface area contributed by atoms with Gasteiger partial charge in [-0.15, -0.1) is 0 Å². The predicted octanol–water partition coefficient (Wildman–Crippen LogP) is 2.80. The molecule has 2 heterocycles. The standard InChI is InChI=1S/C22H28N4O3/c1-15(2)29-11-7-10-25-22(28)20(13-23)21(27)19-12-16(3)26(17(19)4)14-18-8-5-6-9-24-18/h5-6,8-9,12,15,20H,7,10-11,14H2,1-4H3,(H,25,28). The van der Waals surface area contributed by atoms with Crippen molar-refractivity contribution in [3.63, 3.8) is 0 Å². The molecule has 1 N–H and O–H groups in total. The summed E-state index contributed by atoms with van der Waals surface area (Å²) in [5.41, 5.74) is 2.85. The van der Waals surface area contributed by atoms with Gasteiger partial charge in [-0.3, -0.25) is 14.6 Å². The number of pyridine rings is 1. The molecule has 0 aliphatic rings. The number of ketones is 1. The van der Waals surface area contributed by atoms with Gasteiger partial charge in [0.25, 0.3) is 0 Å². The second-order valence-corrected chi connectivity index (χ2v) is 7.18. The highest BCUT2D eigenvalue weighted by Crippen LogP contribution is 2.20.